The summed E-state index contributed by atoms with van der Waals surface area (Å²) in [4.78, 5) is 0.841. The predicted molar refractivity (Wildman–Crippen MR) is 58.6 cm³/mol. The monoisotopic (exact) mass is 283 g/mol. The van der Waals surface area contributed by atoms with Crippen LogP contribution >= 0.6 is 27.3 Å². The van der Waals surface area contributed by atoms with Crippen molar-refractivity contribution in [2.24, 2.45) is 5.73 Å². The number of hydrogen-bond acceptors (Lipinski definition) is 4. The van der Waals surface area contributed by atoms with Crippen LogP contribution in [0.3, 0.4) is 0 Å². The molecule has 0 amide bonds. The van der Waals surface area contributed by atoms with Crippen molar-refractivity contribution >= 4 is 37.1 Å². The van der Waals surface area contributed by atoms with Crippen molar-refractivity contribution in [1.29, 1.82) is 0 Å². The molecule has 1 heterocycles. The van der Waals surface area contributed by atoms with Gasteiger partial charge in [0.15, 0.2) is 9.84 Å². The number of nitrogens with two attached hydrogens (primary N) is 1. The summed E-state index contributed by atoms with van der Waals surface area (Å²) in [5, 5.41) is 1.86. The van der Waals surface area contributed by atoms with Crippen LogP contribution in [0.1, 0.15) is 4.88 Å². The molecule has 0 saturated heterocycles. The molecule has 0 aliphatic rings. The summed E-state index contributed by atoms with van der Waals surface area (Å²) < 4.78 is 23.6. The van der Waals surface area contributed by atoms with E-state index in [9.17, 15) is 8.42 Å². The van der Waals surface area contributed by atoms with Gasteiger partial charge in [-0.05, 0) is 27.4 Å². The minimum atomic E-state index is -3.02. The van der Waals surface area contributed by atoms with E-state index in [-0.39, 0.29) is 18.1 Å². The molecule has 0 atom stereocenters. The average Bonchev–Trinajstić information content (AvgIpc) is 2.35. The van der Waals surface area contributed by atoms with Crippen LogP contribution in [0.2, 0.25) is 0 Å². The van der Waals surface area contributed by atoms with Gasteiger partial charge in [-0.2, -0.15) is 0 Å². The maximum absolute atomic E-state index is 11.4. The first-order valence-electron chi connectivity index (χ1n) is 3.67. The second-order valence-corrected chi connectivity index (χ2v) is 6.61. The Morgan fingerprint density at radius 3 is 2.69 bits per heavy atom. The zero-order valence-corrected chi connectivity index (χ0v) is 10.1. The second-order valence-electron chi connectivity index (χ2n) is 2.57. The van der Waals surface area contributed by atoms with Crippen molar-refractivity contribution in [2.75, 3.05) is 12.3 Å². The zero-order valence-electron chi connectivity index (χ0n) is 6.86. The third kappa shape index (κ3) is 3.38. The molecule has 3 nitrogen and oxygen atoms in total. The van der Waals surface area contributed by atoms with Crippen molar-refractivity contribution in [2.45, 2.75) is 5.75 Å². The molecular formula is C7H10BrNO2S2. The fourth-order valence-electron chi connectivity index (χ4n) is 0.880. The Hall–Kier alpha value is 0.0900. The fraction of sp³-hybridized carbons (Fsp3) is 0.429. The van der Waals surface area contributed by atoms with Gasteiger partial charge in [-0.3, -0.25) is 0 Å². The highest BCUT2D eigenvalue weighted by atomic mass is 79.9. The molecule has 0 unspecified atom stereocenters. The fourth-order valence-corrected chi connectivity index (χ4v) is 4.21. The van der Waals surface area contributed by atoms with Gasteiger partial charge < -0.3 is 5.73 Å². The largest absolute Gasteiger partial charge is 0.329 e. The Balaban J connectivity index is 2.75. The molecule has 0 aliphatic carbocycles. The lowest BCUT2D eigenvalue weighted by Crippen LogP contribution is -2.16. The van der Waals surface area contributed by atoms with E-state index < -0.39 is 9.84 Å². The van der Waals surface area contributed by atoms with Crippen LogP contribution < -0.4 is 5.73 Å². The van der Waals surface area contributed by atoms with Gasteiger partial charge in [0.25, 0.3) is 0 Å². The number of hydrogen-bond donors (Lipinski definition) is 1. The number of halogens is 1. The van der Waals surface area contributed by atoms with Gasteiger partial charge in [-0.1, -0.05) is 0 Å². The van der Waals surface area contributed by atoms with Crippen LogP contribution in [0.15, 0.2) is 15.9 Å². The van der Waals surface area contributed by atoms with Crippen molar-refractivity contribution in [3.05, 3.63) is 20.8 Å². The van der Waals surface area contributed by atoms with Crippen molar-refractivity contribution in [3.8, 4) is 0 Å². The summed E-state index contributed by atoms with van der Waals surface area (Å²) in [5.74, 6) is 0.139. The van der Waals surface area contributed by atoms with Gasteiger partial charge in [0.2, 0.25) is 0 Å². The third-order valence-corrected chi connectivity index (χ3v) is 5.17. The maximum atomic E-state index is 11.4. The highest BCUT2D eigenvalue weighted by Crippen LogP contribution is 2.24. The molecule has 0 fully saturated rings. The Bertz CT molecular complexity index is 372. The number of rotatable bonds is 4. The van der Waals surface area contributed by atoms with Gasteiger partial charge in [0, 0.05) is 15.9 Å². The van der Waals surface area contributed by atoms with Gasteiger partial charge in [0.1, 0.15) is 0 Å². The summed E-state index contributed by atoms with van der Waals surface area (Å²) in [5.41, 5.74) is 5.19. The minimum Gasteiger partial charge on any atom is -0.329 e. The molecule has 74 valence electrons. The van der Waals surface area contributed by atoms with Crippen molar-refractivity contribution in [1.82, 2.24) is 0 Å². The van der Waals surface area contributed by atoms with E-state index >= 15 is 0 Å². The molecular weight excluding hydrogens is 274 g/mol. The lowest BCUT2D eigenvalue weighted by atomic mass is 10.5. The molecule has 0 spiro atoms. The minimum absolute atomic E-state index is 0.0529. The lowest BCUT2D eigenvalue weighted by molar-refractivity contribution is 0.595. The SMILES string of the molecule is NCCS(=O)(=O)Cc1sccc1Br. The van der Waals surface area contributed by atoms with Crippen LogP contribution in [0.5, 0.6) is 0 Å². The molecule has 6 heteroatoms. The normalized spacial score (nSPS) is 11.8. The van der Waals surface area contributed by atoms with E-state index in [2.05, 4.69) is 15.9 Å². The predicted octanol–water partition coefficient (Wildman–Crippen LogP) is 1.38. The van der Waals surface area contributed by atoms with Crippen molar-refractivity contribution < 1.29 is 8.42 Å². The number of thiophene rings is 1. The van der Waals surface area contributed by atoms with Crippen LogP contribution in [-0.4, -0.2) is 20.7 Å². The molecule has 1 aromatic heterocycles. The first-order valence-corrected chi connectivity index (χ1v) is 7.17. The zero-order chi connectivity index (χ0) is 9.90. The Morgan fingerprint density at radius 1 is 1.54 bits per heavy atom. The first kappa shape index (κ1) is 11.2. The summed E-state index contributed by atoms with van der Waals surface area (Å²) in [6.07, 6.45) is 0. The van der Waals surface area contributed by atoms with E-state index in [0.29, 0.717) is 0 Å². The molecule has 2 N–H and O–H groups in total. The topological polar surface area (TPSA) is 60.2 Å². The summed E-state index contributed by atoms with van der Waals surface area (Å²) in [7, 11) is -3.02. The van der Waals surface area contributed by atoms with Gasteiger partial charge >= 0.3 is 0 Å². The van der Waals surface area contributed by atoms with Gasteiger partial charge in [-0.25, -0.2) is 8.42 Å². The molecule has 0 saturated carbocycles. The molecule has 0 bridgehead atoms. The highest BCUT2D eigenvalue weighted by molar-refractivity contribution is 9.10. The summed E-state index contributed by atoms with van der Waals surface area (Å²) in [6.45, 7) is 0.186. The summed E-state index contributed by atoms with van der Waals surface area (Å²) in [6, 6.07) is 1.85. The Morgan fingerprint density at radius 2 is 2.23 bits per heavy atom. The van der Waals surface area contributed by atoms with Crippen LogP contribution in [0.4, 0.5) is 0 Å². The van der Waals surface area contributed by atoms with Crippen LogP contribution in [0.25, 0.3) is 0 Å². The third-order valence-electron chi connectivity index (χ3n) is 1.47. The maximum Gasteiger partial charge on any atom is 0.156 e. The van der Waals surface area contributed by atoms with E-state index in [1.54, 1.807) is 0 Å². The Labute approximate surface area is 90.0 Å². The standard InChI is InChI=1S/C7H10BrNO2S2/c8-6-1-3-12-7(6)5-13(10,11)4-2-9/h1,3H,2,4-5,9H2. The van der Waals surface area contributed by atoms with Crippen LogP contribution in [0, 0.1) is 0 Å². The second kappa shape index (κ2) is 4.54. The first-order chi connectivity index (χ1) is 6.05. The van der Waals surface area contributed by atoms with Gasteiger partial charge in [0.05, 0.1) is 11.5 Å². The molecule has 1 aromatic rings. The average molecular weight is 284 g/mol. The molecule has 1 rings (SSSR count). The van der Waals surface area contributed by atoms with E-state index in [1.807, 2.05) is 11.4 Å². The number of sulfone groups is 1. The van der Waals surface area contributed by atoms with Crippen LogP contribution in [-0.2, 0) is 15.6 Å². The quantitative estimate of drug-likeness (QED) is 0.908. The molecule has 0 aliphatic heterocycles. The van der Waals surface area contributed by atoms with E-state index in [0.717, 1.165) is 9.35 Å². The van der Waals surface area contributed by atoms with E-state index in [4.69, 9.17) is 5.73 Å². The molecule has 0 radical (unpaired) electrons. The molecule has 0 aromatic carbocycles. The molecule has 13 heavy (non-hydrogen) atoms. The Kier molecular flexibility index (Phi) is 3.90. The van der Waals surface area contributed by atoms with E-state index in [1.165, 1.54) is 11.3 Å². The highest BCUT2D eigenvalue weighted by Gasteiger charge is 2.13. The summed E-state index contributed by atoms with van der Waals surface area (Å²) >= 11 is 4.72. The van der Waals surface area contributed by atoms with Crippen molar-refractivity contribution in [3.63, 3.8) is 0 Å². The smallest absolute Gasteiger partial charge is 0.156 e. The lowest BCUT2D eigenvalue weighted by Gasteiger charge is -2.00. The van der Waals surface area contributed by atoms with Gasteiger partial charge in [-0.15, -0.1) is 11.3 Å².